The molecule has 1 N–H and O–H groups in total. The molecule has 0 aliphatic carbocycles. The van der Waals surface area contributed by atoms with Gasteiger partial charge in [0, 0.05) is 32.0 Å². The third-order valence-electron chi connectivity index (χ3n) is 4.02. The lowest BCUT2D eigenvalue weighted by Crippen LogP contribution is -2.17. The Bertz CT molecular complexity index is 994. The average Bonchev–Trinajstić information content (AvgIpc) is 2.89. The zero-order valence-electron chi connectivity index (χ0n) is 14.3. The van der Waals surface area contributed by atoms with Crippen molar-refractivity contribution in [1.82, 2.24) is 9.99 Å². The van der Waals surface area contributed by atoms with E-state index < -0.39 is 0 Å². The van der Waals surface area contributed by atoms with Crippen LogP contribution in [-0.2, 0) is 0 Å². The minimum absolute atomic E-state index is 0.302. The molecule has 0 atom stereocenters. The summed E-state index contributed by atoms with van der Waals surface area (Å²) in [4.78, 5) is 12.1. The SMILES string of the molecule is Cc1cc(/C=N/NC(=O)c2cccc(Cl)c2)c(C)n1-c1ccccc1Br. The van der Waals surface area contributed by atoms with Crippen LogP contribution < -0.4 is 5.43 Å². The minimum atomic E-state index is -0.302. The summed E-state index contributed by atoms with van der Waals surface area (Å²) in [6.45, 7) is 4.06. The number of aromatic nitrogens is 1. The molecule has 1 heterocycles. The first kappa shape index (κ1) is 18.4. The molecule has 1 aromatic heterocycles. The van der Waals surface area contributed by atoms with E-state index in [1.807, 2.05) is 44.2 Å². The standard InChI is InChI=1S/C20H17BrClN3O/c1-13-10-16(14(2)25(13)19-9-4-3-8-18(19)21)12-23-24-20(26)15-6-5-7-17(22)11-15/h3-12H,1-2H3,(H,24,26)/b23-12+. The van der Waals surface area contributed by atoms with Crippen LogP contribution in [0.3, 0.4) is 0 Å². The van der Waals surface area contributed by atoms with E-state index in [0.29, 0.717) is 10.6 Å². The summed E-state index contributed by atoms with van der Waals surface area (Å²) in [6.07, 6.45) is 1.65. The maximum absolute atomic E-state index is 12.1. The number of hydrazone groups is 1. The van der Waals surface area contributed by atoms with Gasteiger partial charge in [0.15, 0.2) is 0 Å². The molecule has 3 aromatic rings. The Morgan fingerprint density at radius 3 is 2.65 bits per heavy atom. The number of nitrogens with one attached hydrogen (secondary N) is 1. The molecular weight excluding hydrogens is 414 g/mol. The number of carbonyl (C=O) groups is 1. The van der Waals surface area contributed by atoms with E-state index in [0.717, 1.165) is 27.1 Å². The monoisotopic (exact) mass is 429 g/mol. The molecule has 26 heavy (non-hydrogen) atoms. The molecule has 6 heteroatoms. The molecule has 0 aliphatic heterocycles. The summed E-state index contributed by atoms with van der Waals surface area (Å²) in [7, 11) is 0. The summed E-state index contributed by atoms with van der Waals surface area (Å²) in [6, 6.07) is 16.8. The van der Waals surface area contributed by atoms with Crippen LogP contribution in [0.5, 0.6) is 0 Å². The number of hydrogen-bond donors (Lipinski definition) is 1. The van der Waals surface area contributed by atoms with Crippen molar-refractivity contribution in [1.29, 1.82) is 0 Å². The number of nitrogens with zero attached hydrogens (tertiary/aromatic N) is 2. The van der Waals surface area contributed by atoms with Crippen molar-refractivity contribution in [3.8, 4) is 5.69 Å². The average molecular weight is 431 g/mol. The second kappa shape index (κ2) is 7.89. The summed E-state index contributed by atoms with van der Waals surface area (Å²) in [5.41, 5.74) is 7.11. The maximum atomic E-state index is 12.1. The molecule has 3 rings (SSSR count). The Morgan fingerprint density at radius 2 is 1.92 bits per heavy atom. The number of rotatable bonds is 4. The topological polar surface area (TPSA) is 46.4 Å². The highest BCUT2D eigenvalue weighted by Crippen LogP contribution is 2.26. The zero-order chi connectivity index (χ0) is 18.7. The molecule has 0 radical (unpaired) electrons. The van der Waals surface area contributed by atoms with Crippen LogP contribution in [0, 0.1) is 13.8 Å². The Kier molecular flexibility index (Phi) is 5.59. The van der Waals surface area contributed by atoms with Crippen molar-refractivity contribution in [2.24, 2.45) is 5.10 Å². The van der Waals surface area contributed by atoms with Crippen LogP contribution in [0.4, 0.5) is 0 Å². The smallest absolute Gasteiger partial charge is 0.271 e. The van der Waals surface area contributed by atoms with Gasteiger partial charge < -0.3 is 4.57 Å². The van der Waals surface area contributed by atoms with Crippen molar-refractivity contribution < 1.29 is 4.79 Å². The summed E-state index contributed by atoms with van der Waals surface area (Å²) < 4.78 is 3.16. The predicted octanol–water partition coefficient (Wildman–Crippen LogP) is 5.27. The number of para-hydroxylation sites is 1. The first-order valence-electron chi connectivity index (χ1n) is 8.00. The third kappa shape index (κ3) is 3.89. The van der Waals surface area contributed by atoms with E-state index in [2.05, 4.69) is 31.0 Å². The normalized spacial score (nSPS) is 11.1. The summed E-state index contributed by atoms with van der Waals surface area (Å²) in [5.74, 6) is -0.302. The van der Waals surface area contributed by atoms with Crippen LogP contribution >= 0.6 is 27.5 Å². The highest BCUT2D eigenvalue weighted by Gasteiger charge is 2.11. The van der Waals surface area contributed by atoms with Gasteiger partial charge in [-0.3, -0.25) is 4.79 Å². The number of aryl methyl sites for hydroxylation is 1. The minimum Gasteiger partial charge on any atom is -0.317 e. The predicted molar refractivity (Wildman–Crippen MR) is 109 cm³/mol. The lowest BCUT2D eigenvalue weighted by atomic mass is 10.2. The van der Waals surface area contributed by atoms with Crippen molar-refractivity contribution in [2.75, 3.05) is 0 Å². The zero-order valence-corrected chi connectivity index (χ0v) is 16.7. The fourth-order valence-electron chi connectivity index (χ4n) is 2.78. The molecule has 0 saturated heterocycles. The van der Waals surface area contributed by atoms with Crippen molar-refractivity contribution in [2.45, 2.75) is 13.8 Å². The van der Waals surface area contributed by atoms with Crippen LogP contribution in [0.15, 0.2) is 64.2 Å². The molecule has 0 fully saturated rings. The lowest BCUT2D eigenvalue weighted by Gasteiger charge is -2.11. The molecule has 132 valence electrons. The van der Waals surface area contributed by atoms with E-state index >= 15 is 0 Å². The molecule has 0 aliphatic rings. The molecule has 0 spiro atoms. The van der Waals surface area contributed by atoms with Crippen LogP contribution in [-0.4, -0.2) is 16.7 Å². The fraction of sp³-hybridized carbons (Fsp3) is 0.100. The van der Waals surface area contributed by atoms with Crippen molar-refractivity contribution in [3.63, 3.8) is 0 Å². The number of carbonyl (C=O) groups excluding carboxylic acids is 1. The first-order valence-corrected chi connectivity index (χ1v) is 9.17. The second-order valence-corrected chi connectivity index (χ2v) is 7.11. The summed E-state index contributed by atoms with van der Waals surface area (Å²) in [5, 5.41) is 4.60. The highest BCUT2D eigenvalue weighted by molar-refractivity contribution is 9.10. The molecule has 1 amide bonds. The number of hydrogen-bond acceptors (Lipinski definition) is 2. The van der Waals surface area contributed by atoms with Gasteiger partial charge in [0.25, 0.3) is 5.91 Å². The second-order valence-electron chi connectivity index (χ2n) is 5.82. The number of benzene rings is 2. The van der Waals surface area contributed by atoms with Crippen LogP contribution in [0.25, 0.3) is 5.69 Å². The summed E-state index contributed by atoms with van der Waals surface area (Å²) >= 11 is 9.50. The largest absolute Gasteiger partial charge is 0.317 e. The van der Waals surface area contributed by atoms with E-state index in [-0.39, 0.29) is 5.91 Å². The Balaban J connectivity index is 1.81. The molecular formula is C20H17BrClN3O. The lowest BCUT2D eigenvalue weighted by molar-refractivity contribution is 0.0955. The molecule has 4 nitrogen and oxygen atoms in total. The van der Waals surface area contributed by atoms with E-state index in [1.165, 1.54) is 0 Å². The molecule has 0 saturated carbocycles. The van der Waals surface area contributed by atoms with Crippen molar-refractivity contribution >= 4 is 39.7 Å². The van der Waals surface area contributed by atoms with Gasteiger partial charge in [-0.15, -0.1) is 0 Å². The number of amides is 1. The first-order chi connectivity index (χ1) is 12.5. The number of halogens is 2. The van der Waals surface area contributed by atoms with Gasteiger partial charge in [0.2, 0.25) is 0 Å². The maximum Gasteiger partial charge on any atom is 0.271 e. The quantitative estimate of drug-likeness (QED) is 0.444. The van der Waals surface area contributed by atoms with E-state index in [4.69, 9.17) is 11.6 Å². The Morgan fingerprint density at radius 1 is 1.15 bits per heavy atom. The molecule has 0 bridgehead atoms. The van der Waals surface area contributed by atoms with Gasteiger partial charge in [-0.2, -0.15) is 5.10 Å². The van der Waals surface area contributed by atoms with Crippen LogP contribution in [0.1, 0.15) is 27.3 Å². The van der Waals surface area contributed by atoms with Gasteiger partial charge in [-0.1, -0.05) is 29.8 Å². The van der Waals surface area contributed by atoms with Gasteiger partial charge >= 0.3 is 0 Å². The Labute approximate surface area is 165 Å². The third-order valence-corrected chi connectivity index (χ3v) is 4.93. The van der Waals surface area contributed by atoms with Crippen molar-refractivity contribution in [3.05, 3.63) is 86.6 Å². The molecule has 2 aromatic carbocycles. The van der Waals surface area contributed by atoms with Gasteiger partial charge in [-0.05, 0) is 66.2 Å². The fourth-order valence-corrected chi connectivity index (χ4v) is 3.43. The Hall–Kier alpha value is -2.37. The van der Waals surface area contributed by atoms with Gasteiger partial charge in [0.05, 0.1) is 11.9 Å². The van der Waals surface area contributed by atoms with Crippen LogP contribution in [0.2, 0.25) is 5.02 Å². The molecule has 0 unspecified atom stereocenters. The van der Waals surface area contributed by atoms with Gasteiger partial charge in [0.1, 0.15) is 0 Å². The highest BCUT2D eigenvalue weighted by atomic mass is 79.9. The van der Waals surface area contributed by atoms with Gasteiger partial charge in [-0.25, -0.2) is 5.43 Å². The van der Waals surface area contributed by atoms with E-state index in [9.17, 15) is 4.79 Å². The van der Waals surface area contributed by atoms with E-state index in [1.54, 1.807) is 30.5 Å².